The van der Waals surface area contributed by atoms with E-state index < -0.39 is 0 Å². The SMILES string of the molecule is Cc1ccc(C)c(C(C)NC(C)C2CCCCC2)c1. The predicted octanol–water partition coefficient (Wildman–Crippen LogP) is 4.92. The molecule has 2 rings (SSSR count). The van der Waals surface area contributed by atoms with Gasteiger partial charge in [0, 0.05) is 12.1 Å². The fraction of sp³-hybridized carbons (Fsp3) is 0.667. The monoisotopic (exact) mass is 259 g/mol. The van der Waals surface area contributed by atoms with Crippen molar-refractivity contribution in [1.82, 2.24) is 5.32 Å². The molecule has 1 N–H and O–H groups in total. The van der Waals surface area contributed by atoms with Crippen molar-refractivity contribution >= 4 is 0 Å². The summed E-state index contributed by atoms with van der Waals surface area (Å²) in [6, 6.07) is 7.87. The van der Waals surface area contributed by atoms with Gasteiger partial charge in [0.2, 0.25) is 0 Å². The van der Waals surface area contributed by atoms with Gasteiger partial charge in [0.25, 0.3) is 0 Å². The van der Waals surface area contributed by atoms with Gasteiger partial charge in [-0.05, 0) is 57.6 Å². The summed E-state index contributed by atoms with van der Waals surface area (Å²) >= 11 is 0. The second-order valence-electron chi connectivity index (χ2n) is 6.44. The molecular weight excluding hydrogens is 230 g/mol. The van der Waals surface area contributed by atoms with E-state index in [-0.39, 0.29) is 0 Å². The van der Waals surface area contributed by atoms with Crippen LogP contribution in [0.2, 0.25) is 0 Å². The number of aryl methyl sites for hydroxylation is 2. The Balaban J connectivity index is 1.99. The van der Waals surface area contributed by atoms with Crippen molar-refractivity contribution in [3.63, 3.8) is 0 Å². The Hall–Kier alpha value is -0.820. The maximum atomic E-state index is 3.83. The first kappa shape index (κ1) is 14.6. The molecule has 0 aliphatic heterocycles. The molecule has 0 aromatic heterocycles. The van der Waals surface area contributed by atoms with Crippen LogP contribution in [0.3, 0.4) is 0 Å². The van der Waals surface area contributed by atoms with Crippen LogP contribution in [0.25, 0.3) is 0 Å². The van der Waals surface area contributed by atoms with Crippen LogP contribution in [0.5, 0.6) is 0 Å². The van der Waals surface area contributed by atoms with Crippen LogP contribution < -0.4 is 5.32 Å². The highest BCUT2D eigenvalue weighted by molar-refractivity contribution is 5.32. The molecule has 1 aliphatic rings. The fourth-order valence-electron chi connectivity index (χ4n) is 3.48. The van der Waals surface area contributed by atoms with Crippen molar-refractivity contribution in [2.45, 2.75) is 71.9 Å². The fourth-order valence-corrected chi connectivity index (χ4v) is 3.48. The summed E-state index contributed by atoms with van der Waals surface area (Å²) < 4.78 is 0. The maximum absolute atomic E-state index is 3.83. The van der Waals surface area contributed by atoms with Gasteiger partial charge in [-0.2, -0.15) is 0 Å². The summed E-state index contributed by atoms with van der Waals surface area (Å²) in [5.41, 5.74) is 4.23. The highest BCUT2D eigenvalue weighted by Gasteiger charge is 2.21. The van der Waals surface area contributed by atoms with Gasteiger partial charge in [-0.25, -0.2) is 0 Å². The Morgan fingerprint density at radius 2 is 1.74 bits per heavy atom. The van der Waals surface area contributed by atoms with Crippen LogP contribution in [0.4, 0.5) is 0 Å². The third kappa shape index (κ3) is 3.82. The van der Waals surface area contributed by atoms with Crippen molar-refractivity contribution in [1.29, 1.82) is 0 Å². The largest absolute Gasteiger partial charge is 0.307 e. The lowest BCUT2D eigenvalue weighted by molar-refractivity contribution is 0.268. The Bertz CT molecular complexity index is 404. The summed E-state index contributed by atoms with van der Waals surface area (Å²) in [4.78, 5) is 0. The van der Waals surface area contributed by atoms with E-state index in [2.05, 4.69) is 51.2 Å². The minimum atomic E-state index is 0.455. The molecule has 1 aromatic rings. The zero-order valence-electron chi connectivity index (χ0n) is 13.0. The Morgan fingerprint density at radius 3 is 2.42 bits per heavy atom. The lowest BCUT2D eigenvalue weighted by atomic mass is 9.84. The zero-order valence-corrected chi connectivity index (χ0v) is 13.0. The van der Waals surface area contributed by atoms with Gasteiger partial charge in [0.15, 0.2) is 0 Å². The van der Waals surface area contributed by atoms with E-state index in [1.54, 1.807) is 0 Å². The molecule has 0 radical (unpaired) electrons. The molecule has 0 amide bonds. The van der Waals surface area contributed by atoms with Crippen LogP contribution in [0, 0.1) is 19.8 Å². The second kappa shape index (κ2) is 6.56. The second-order valence-corrected chi connectivity index (χ2v) is 6.44. The molecule has 1 aromatic carbocycles. The number of nitrogens with one attached hydrogen (secondary N) is 1. The third-order valence-electron chi connectivity index (χ3n) is 4.77. The first-order valence-corrected chi connectivity index (χ1v) is 7.91. The normalized spacial score (nSPS) is 20.2. The number of benzene rings is 1. The minimum absolute atomic E-state index is 0.455. The molecule has 1 nitrogen and oxygen atoms in total. The average Bonchev–Trinajstić information content (AvgIpc) is 2.42. The lowest BCUT2D eigenvalue weighted by Crippen LogP contribution is -2.36. The molecule has 2 unspecified atom stereocenters. The van der Waals surface area contributed by atoms with Crippen LogP contribution in [-0.4, -0.2) is 6.04 Å². The standard InChI is InChI=1S/C18H29N/c1-13-10-11-14(2)18(12-13)16(4)19-15(3)17-8-6-5-7-9-17/h10-12,15-17,19H,5-9H2,1-4H3. The summed E-state index contributed by atoms with van der Waals surface area (Å²) in [7, 11) is 0. The average molecular weight is 259 g/mol. The Labute approximate surface area is 118 Å². The predicted molar refractivity (Wildman–Crippen MR) is 83.5 cm³/mol. The highest BCUT2D eigenvalue weighted by atomic mass is 14.9. The van der Waals surface area contributed by atoms with Crippen LogP contribution in [0.15, 0.2) is 18.2 Å². The third-order valence-corrected chi connectivity index (χ3v) is 4.77. The van der Waals surface area contributed by atoms with Gasteiger partial charge in [-0.3, -0.25) is 0 Å². The van der Waals surface area contributed by atoms with Crippen molar-refractivity contribution in [3.05, 3.63) is 34.9 Å². The van der Waals surface area contributed by atoms with Gasteiger partial charge in [-0.15, -0.1) is 0 Å². The lowest BCUT2D eigenvalue weighted by Gasteiger charge is -2.31. The van der Waals surface area contributed by atoms with E-state index in [0.717, 1.165) is 5.92 Å². The molecule has 1 heteroatoms. The van der Waals surface area contributed by atoms with Crippen LogP contribution in [0.1, 0.15) is 68.7 Å². The van der Waals surface area contributed by atoms with E-state index >= 15 is 0 Å². The molecule has 1 fully saturated rings. The van der Waals surface area contributed by atoms with Crippen molar-refractivity contribution in [2.75, 3.05) is 0 Å². The molecule has 1 saturated carbocycles. The van der Waals surface area contributed by atoms with Crippen molar-refractivity contribution < 1.29 is 0 Å². The Kier molecular flexibility index (Phi) is 5.04. The minimum Gasteiger partial charge on any atom is -0.307 e. The molecule has 106 valence electrons. The van der Waals surface area contributed by atoms with Gasteiger partial charge in [-0.1, -0.05) is 43.0 Å². The smallest absolute Gasteiger partial charge is 0.0297 e. The number of rotatable bonds is 4. The summed E-state index contributed by atoms with van der Waals surface area (Å²) in [5, 5.41) is 3.83. The first-order valence-electron chi connectivity index (χ1n) is 7.91. The topological polar surface area (TPSA) is 12.0 Å². The first-order chi connectivity index (χ1) is 9.08. The molecule has 0 bridgehead atoms. The highest BCUT2D eigenvalue weighted by Crippen LogP contribution is 2.28. The molecule has 0 spiro atoms. The van der Waals surface area contributed by atoms with Crippen LogP contribution in [-0.2, 0) is 0 Å². The molecule has 0 saturated heterocycles. The van der Waals surface area contributed by atoms with Gasteiger partial charge < -0.3 is 5.32 Å². The van der Waals surface area contributed by atoms with E-state index in [9.17, 15) is 0 Å². The van der Waals surface area contributed by atoms with Crippen molar-refractivity contribution in [2.24, 2.45) is 5.92 Å². The molecule has 1 aliphatic carbocycles. The van der Waals surface area contributed by atoms with E-state index in [1.807, 2.05) is 0 Å². The molecule has 2 atom stereocenters. The van der Waals surface area contributed by atoms with E-state index in [1.165, 1.54) is 48.8 Å². The van der Waals surface area contributed by atoms with Gasteiger partial charge >= 0.3 is 0 Å². The molecule has 0 heterocycles. The molecular formula is C18H29N. The van der Waals surface area contributed by atoms with E-state index in [0.29, 0.717) is 12.1 Å². The number of hydrogen-bond acceptors (Lipinski definition) is 1. The Morgan fingerprint density at radius 1 is 1.05 bits per heavy atom. The van der Waals surface area contributed by atoms with Gasteiger partial charge in [0.1, 0.15) is 0 Å². The van der Waals surface area contributed by atoms with Crippen LogP contribution >= 0.6 is 0 Å². The zero-order chi connectivity index (χ0) is 13.8. The number of hydrogen-bond donors (Lipinski definition) is 1. The summed E-state index contributed by atoms with van der Waals surface area (Å²) in [5.74, 6) is 0.876. The maximum Gasteiger partial charge on any atom is 0.0297 e. The summed E-state index contributed by atoms with van der Waals surface area (Å²) in [6.45, 7) is 9.08. The molecule has 19 heavy (non-hydrogen) atoms. The van der Waals surface area contributed by atoms with E-state index in [4.69, 9.17) is 0 Å². The van der Waals surface area contributed by atoms with Gasteiger partial charge in [0.05, 0.1) is 0 Å². The quantitative estimate of drug-likeness (QED) is 0.809. The van der Waals surface area contributed by atoms with Crippen molar-refractivity contribution in [3.8, 4) is 0 Å². The summed E-state index contributed by atoms with van der Waals surface area (Å²) in [6.07, 6.45) is 7.11.